The van der Waals surface area contributed by atoms with E-state index in [1.54, 1.807) is 0 Å². The van der Waals surface area contributed by atoms with Crippen molar-refractivity contribution < 1.29 is 4.79 Å². The highest BCUT2D eigenvalue weighted by Crippen LogP contribution is 2.28. The van der Waals surface area contributed by atoms with Gasteiger partial charge in [-0.05, 0) is 43.5 Å². The molecule has 4 heteroatoms. The molecule has 1 aliphatic carbocycles. The molecular formula is C15H21N3O. The lowest BCUT2D eigenvalue weighted by atomic mass is 10.2. The predicted octanol–water partition coefficient (Wildman–Crippen LogP) is 1.93. The molecule has 0 aromatic heterocycles. The fourth-order valence-electron chi connectivity index (χ4n) is 2.84. The third-order valence-corrected chi connectivity index (χ3v) is 4.05. The molecule has 2 aliphatic rings. The quantitative estimate of drug-likeness (QED) is 0.839. The molecule has 4 nitrogen and oxygen atoms in total. The number of rotatable bonds is 4. The number of nitrogens with zero attached hydrogens (tertiary/aromatic N) is 2. The minimum absolute atomic E-state index is 0.717. The maximum absolute atomic E-state index is 10.4. The van der Waals surface area contributed by atoms with Crippen LogP contribution in [0.25, 0.3) is 0 Å². The highest BCUT2D eigenvalue weighted by molar-refractivity contribution is 5.72. The van der Waals surface area contributed by atoms with Gasteiger partial charge in [-0.15, -0.1) is 0 Å². The maximum Gasteiger partial charge on any atom is 0.211 e. The lowest BCUT2D eigenvalue weighted by Gasteiger charge is -2.23. The van der Waals surface area contributed by atoms with Gasteiger partial charge in [-0.1, -0.05) is 0 Å². The third-order valence-electron chi connectivity index (χ3n) is 4.05. The van der Waals surface area contributed by atoms with Crippen molar-refractivity contribution in [2.45, 2.75) is 25.3 Å². The third kappa shape index (κ3) is 3.07. The number of hydrogen-bond acceptors (Lipinski definition) is 3. The molecule has 0 spiro atoms. The number of benzene rings is 1. The summed E-state index contributed by atoms with van der Waals surface area (Å²) in [5.41, 5.74) is 2.11. The Morgan fingerprint density at radius 1 is 1.05 bits per heavy atom. The number of hydrogen-bond donors (Lipinski definition) is 1. The monoisotopic (exact) mass is 259 g/mol. The summed E-state index contributed by atoms with van der Waals surface area (Å²) >= 11 is 0. The van der Waals surface area contributed by atoms with E-state index < -0.39 is 0 Å². The fraction of sp³-hybridized carbons (Fsp3) is 0.533. The molecule has 1 saturated heterocycles. The van der Waals surface area contributed by atoms with Crippen LogP contribution in [-0.4, -0.2) is 43.5 Å². The van der Waals surface area contributed by atoms with Gasteiger partial charge in [0.15, 0.2) is 0 Å². The minimum atomic E-state index is 0.717. The average Bonchev–Trinajstić information content (AvgIpc) is 3.26. The molecule has 0 unspecified atom stereocenters. The zero-order chi connectivity index (χ0) is 13.1. The summed E-state index contributed by atoms with van der Waals surface area (Å²) in [6.07, 6.45) is 4.75. The van der Waals surface area contributed by atoms with Crippen molar-refractivity contribution >= 4 is 17.8 Å². The minimum Gasteiger partial charge on any atom is -0.370 e. The van der Waals surface area contributed by atoms with Gasteiger partial charge in [-0.25, -0.2) is 0 Å². The van der Waals surface area contributed by atoms with Crippen LogP contribution in [0.5, 0.6) is 0 Å². The molecule has 1 N–H and O–H groups in total. The molecule has 102 valence electrons. The Morgan fingerprint density at radius 2 is 1.84 bits per heavy atom. The number of amides is 1. The maximum atomic E-state index is 10.4. The molecule has 2 fully saturated rings. The topological polar surface area (TPSA) is 35.6 Å². The van der Waals surface area contributed by atoms with Crippen LogP contribution >= 0.6 is 0 Å². The van der Waals surface area contributed by atoms with Crippen molar-refractivity contribution in [2.24, 2.45) is 0 Å². The second-order valence-electron chi connectivity index (χ2n) is 5.42. The molecule has 1 saturated carbocycles. The molecule has 1 heterocycles. The molecule has 1 amide bonds. The zero-order valence-corrected chi connectivity index (χ0v) is 11.2. The number of anilines is 2. The molecule has 19 heavy (non-hydrogen) atoms. The van der Waals surface area contributed by atoms with E-state index in [4.69, 9.17) is 0 Å². The fourth-order valence-corrected chi connectivity index (χ4v) is 2.84. The van der Waals surface area contributed by atoms with Crippen molar-refractivity contribution in [3.8, 4) is 0 Å². The normalized spacial score (nSPS) is 20.9. The second kappa shape index (κ2) is 5.61. The SMILES string of the molecule is O=CNc1ccc(N2CCCN(C3CC3)CC2)cc1. The second-order valence-corrected chi connectivity index (χ2v) is 5.42. The first-order valence-corrected chi connectivity index (χ1v) is 7.16. The van der Waals surface area contributed by atoms with Crippen LogP contribution in [0, 0.1) is 0 Å². The molecule has 3 rings (SSSR count). The first kappa shape index (κ1) is 12.5. The van der Waals surface area contributed by atoms with Gasteiger partial charge < -0.3 is 10.2 Å². The van der Waals surface area contributed by atoms with Gasteiger partial charge in [0.2, 0.25) is 6.41 Å². The lowest BCUT2D eigenvalue weighted by Crippen LogP contribution is -2.32. The largest absolute Gasteiger partial charge is 0.370 e. The Hall–Kier alpha value is -1.55. The highest BCUT2D eigenvalue weighted by atomic mass is 16.1. The summed E-state index contributed by atoms with van der Waals surface area (Å²) in [5.74, 6) is 0. The van der Waals surface area contributed by atoms with Gasteiger partial charge in [-0.3, -0.25) is 9.69 Å². The van der Waals surface area contributed by atoms with E-state index in [-0.39, 0.29) is 0 Å². The summed E-state index contributed by atoms with van der Waals surface area (Å²) in [7, 11) is 0. The van der Waals surface area contributed by atoms with Gasteiger partial charge in [-0.2, -0.15) is 0 Å². The summed E-state index contributed by atoms with van der Waals surface area (Å²) in [4.78, 5) is 15.5. The van der Waals surface area contributed by atoms with Crippen LogP contribution in [0.15, 0.2) is 24.3 Å². The Balaban J connectivity index is 1.62. The standard InChI is InChI=1S/C15H21N3O/c19-12-16-13-2-4-14(5-3-13)17-8-1-9-18(11-10-17)15-6-7-15/h2-5,12,15H,1,6-11H2,(H,16,19). The van der Waals surface area contributed by atoms with Crippen molar-refractivity contribution in [3.63, 3.8) is 0 Å². The van der Waals surface area contributed by atoms with E-state index in [1.165, 1.54) is 38.0 Å². The molecule has 0 bridgehead atoms. The molecular weight excluding hydrogens is 238 g/mol. The van der Waals surface area contributed by atoms with Crippen molar-refractivity contribution in [1.82, 2.24) is 4.90 Å². The molecule has 0 radical (unpaired) electrons. The van der Waals surface area contributed by atoms with Crippen LogP contribution in [0.1, 0.15) is 19.3 Å². The molecule has 1 aromatic carbocycles. The smallest absolute Gasteiger partial charge is 0.211 e. The van der Waals surface area contributed by atoms with E-state index >= 15 is 0 Å². The van der Waals surface area contributed by atoms with Gasteiger partial charge in [0.1, 0.15) is 0 Å². The Bertz CT molecular complexity index is 428. The van der Waals surface area contributed by atoms with Gasteiger partial charge >= 0.3 is 0 Å². The first-order chi connectivity index (χ1) is 9.36. The van der Waals surface area contributed by atoms with E-state index in [9.17, 15) is 4.79 Å². The van der Waals surface area contributed by atoms with Crippen LogP contribution in [-0.2, 0) is 4.79 Å². The lowest BCUT2D eigenvalue weighted by molar-refractivity contribution is -0.105. The summed E-state index contributed by atoms with van der Waals surface area (Å²) < 4.78 is 0. The van der Waals surface area contributed by atoms with E-state index in [0.29, 0.717) is 6.41 Å². The first-order valence-electron chi connectivity index (χ1n) is 7.16. The Morgan fingerprint density at radius 3 is 2.53 bits per heavy atom. The summed E-state index contributed by atoms with van der Waals surface area (Å²) in [6.45, 7) is 4.66. The summed E-state index contributed by atoms with van der Waals surface area (Å²) in [6, 6.07) is 9.00. The number of carbonyl (C=O) groups excluding carboxylic acids is 1. The van der Waals surface area contributed by atoms with Crippen LogP contribution in [0.4, 0.5) is 11.4 Å². The highest BCUT2D eigenvalue weighted by Gasteiger charge is 2.29. The number of carbonyl (C=O) groups is 1. The van der Waals surface area contributed by atoms with Crippen LogP contribution < -0.4 is 10.2 Å². The van der Waals surface area contributed by atoms with Crippen LogP contribution in [0.2, 0.25) is 0 Å². The van der Waals surface area contributed by atoms with Crippen molar-refractivity contribution in [1.29, 1.82) is 0 Å². The van der Waals surface area contributed by atoms with E-state index in [1.807, 2.05) is 12.1 Å². The predicted molar refractivity (Wildman–Crippen MR) is 77.6 cm³/mol. The molecule has 1 aliphatic heterocycles. The molecule has 1 aromatic rings. The van der Waals surface area contributed by atoms with Crippen LogP contribution in [0.3, 0.4) is 0 Å². The van der Waals surface area contributed by atoms with Gasteiger partial charge in [0.05, 0.1) is 0 Å². The Kier molecular flexibility index (Phi) is 3.69. The van der Waals surface area contributed by atoms with Gasteiger partial charge in [0, 0.05) is 43.6 Å². The molecule has 0 atom stereocenters. The number of nitrogens with one attached hydrogen (secondary N) is 1. The Labute approximate surface area is 114 Å². The zero-order valence-electron chi connectivity index (χ0n) is 11.2. The van der Waals surface area contributed by atoms with E-state index in [0.717, 1.165) is 24.8 Å². The summed E-state index contributed by atoms with van der Waals surface area (Å²) in [5, 5.41) is 2.67. The van der Waals surface area contributed by atoms with Crippen molar-refractivity contribution in [2.75, 3.05) is 36.4 Å². The van der Waals surface area contributed by atoms with Gasteiger partial charge in [0.25, 0.3) is 0 Å². The van der Waals surface area contributed by atoms with Crippen molar-refractivity contribution in [3.05, 3.63) is 24.3 Å². The van der Waals surface area contributed by atoms with E-state index in [2.05, 4.69) is 27.2 Å². The average molecular weight is 259 g/mol.